The van der Waals surface area contributed by atoms with Gasteiger partial charge in [0.15, 0.2) is 0 Å². The highest BCUT2D eigenvalue weighted by Gasteiger charge is 2.38. The maximum atomic E-state index is 12.8. The van der Waals surface area contributed by atoms with Crippen molar-refractivity contribution < 1.29 is 22.7 Å². The molecule has 0 atom stereocenters. The minimum Gasteiger partial charge on any atom is -0.495 e. The summed E-state index contributed by atoms with van der Waals surface area (Å²) in [7, 11) is 1.50. The summed E-state index contributed by atoms with van der Waals surface area (Å²) in [5.74, 6) is -0.0557. The molecule has 0 saturated heterocycles. The number of carbonyl (C=O) groups is 1. The van der Waals surface area contributed by atoms with Gasteiger partial charge in [-0.1, -0.05) is 0 Å². The number of urea groups is 1. The van der Waals surface area contributed by atoms with Crippen molar-refractivity contribution in [1.29, 1.82) is 0 Å². The van der Waals surface area contributed by atoms with Crippen molar-refractivity contribution >= 4 is 11.8 Å². The zero-order chi connectivity index (χ0) is 17.3. The number of amides is 2. The van der Waals surface area contributed by atoms with E-state index < -0.39 is 18.0 Å². The van der Waals surface area contributed by atoms with Crippen molar-refractivity contribution in [2.45, 2.75) is 19.3 Å². The van der Waals surface area contributed by atoms with Crippen LogP contribution in [-0.4, -0.2) is 39.1 Å². The third-order valence-electron chi connectivity index (χ3n) is 3.63. The molecular formula is C14H14F3N5O2. The Balaban J connectivity index is 1.68. The zero-order valence-corrected chi connectivity index (χ0v) is 12.7. The van der Waals surface area contributed by atoms with Crippen molar-refractivity contribution in [3.8, 4) is 5.75 Å². The van der Waals surface area contributed by atoms with Crippen LogP contribution < -0.4 is 10.1 Å². The normalized spacial score (nSPS) is 14.2. The molecule has 3 heterocycles. The third kappa shape index (κ3) is 3.12. The quantitative estimate of drug-likeness (QED) is 0.910. The Hall–Kier alpha value is -2.78. The molecule has 0 saturated carbocycles. The summed E-state index contributed by atoms with van der Waals surface area (Å²) >= 11 is 0. The lowest BCUT2D eigenvalue weighted by molar-refractivity contribution is -0.147. The number of methoxy groups -OCH3 is 1. The molecule has 128 valence electrons. The molecule has 2 aromatic heterocycles. The number of hydrogen-bond acceptors (Lipinski definition) is 4. The van der Waals surface area contributed by atoms with E-state index in [1.54, 1.807) is 12.1 Å². The SMILES string of the molecule is COc1ccc(NC(=O)N2CCn3c(cnc3C(F)(F)F)C2)nc1. The van der Waals surface area contributed by atoms with Gasteiger partial charge in [-0.15, -0.1) is 0 Å². The molecule has 1 N–H and O–H groups in total. The molecule has 7 nitrogen and oxygen atoms in total. The average molecular weight is 341 g/mol. The molecule has 2 aromatic rings. The van der Waals surface area contributed by atoms with E-state index in [0.29, 0.717) is 17.3 Å². The lowest BCUT2D eigenvalue weighted by Crippen LogP contribution is -2.41. The van der Waals surface area contributed by atoms with Crippen LogP contribution in [0.25, 0.3) is 0 Å². The van der Waals surface area contributed by atoms with E-state index in [1.165, 1.54) is 18.2 Å². The van der Waals surface area contributed by atoms with Gasteiger partial charge in [-0.3, -0.25) is 5.32 Å². The second-order valence-corrected chi connectivity index (χ2v) is 5.16. The summed E-state index contributed by atoms with van der Waals surface area (Å²) in [5, 5.41) is 2.60. The molecule has 1 aliphatic heterocycles. The fourth-order valence-corrected chi connectivity index (χ4v) is 2.45. The lowest BCUT2D eigenvalue weighted by Gasteiger charge is -2.29. The van der Waals surface area contributed by atoms with E-state index in [9.17, 15) is 18.0 Å². The topological polar surface area (TPSA) is 72.3 Å². The fourth-order valence-electron chi connectivity index (χ4n) is 2.45. The third-order valence-corrected chi connectivity index (χ3v) is 3.63. The van der Waals surface area contributed by atoms with Crippen molar-refractivity contribution in [1.82, 2.24) is 19.4 Å². The summed E-state index contributed by atoms with van der Waals surface area (Å²) < 4.78 is 44.5. The van der Waals surface area contributed by atoms with Crippen LogP contribution in [-0.2, 0) is 19.3 Å². The maximum absolute atomic E-state index is 12.8. The molecule has 0 fully saturated rings. The van der Waals surface area contributed by atoms with Crippen LogP contribution in [0, 0.1) is 0 Å². The second kappa shape index (κ2) is 6.02. The first-order valence-corrected chi connectivity index (χ1v) is 7.06. The summed E-state index contributed by atoms with van der Waals surface area (Å²) in [4.78, 5) is 21.1. The van der Waals surface area contributed by atoms with Crippen LogP contribution in [0.15, 0.2) is 24.5 Å². The second-order valence-electron chi connectivity index (χ2n) is 5.16. The number of alkyl halides is 3. The van der Waals surface area contributed by atoms with E-state index in [0.717, 1.165) is 10.8 Å². The Kier molecular flexibility index (Phi) is 4.04. The predicted molar refractivity (Wildman–Crippen MR) is 77.4 cm³/mol. The van der Waals surface area contributed by atoms with Crippen LogP contribution in [0.1, 0.15) is 11.5 Å². The number of imidazole rings is 1. The molecule has 0 spiro atoms. The van der Waals surface area contributed by atoms with Gasteiger partial charge in [0, 0.05) is 13.1 Å². The van der Waals surface area contributed by atoms with E-state index in [1.807, 2.05) is 0 Å². The number of carbonyl (C=O) groups excluding carboxylic acids is 1. The lowest BCUT2D eigenvalue weighted by atomic mass is 10.3. The minimum absolute atomic E-state index is 0.0354. The van der Waals surface area contributed by atoms with Crippen molar-refractivity contribution in [2.24, 2.45) is 0 Å². The molecule has 24 heavy (non-hydrogen) atoms. The van der Waals surface area contributed by atoms with Crippen LogP contribution >= 0.6 is 0 Å². The highest BCUT2D eigenvalue weighted by atomic mass is 19.4. The first-order chi connectivity index (χ1) is 11.4. The minimum atomic E-state index is -4.50. The van der Waals surface area contributed by atoms with Crippen molar-refractivity contribution in [3.63, 3.8) is 0 Å². The number of nitrogens with zero attached hydrogens (tertiary/aromatic N) is 4. The van der Waals surface area contributed by atoms with E-state index in [2.05, 4.69) is 15.3 Å². The highest BCUT2D eigenvalue weighted by Crippen LogP contribution is 2.30. The van der Waals surface area contributed by atoms with Gasteiger partial charge < -0.3 is 14.2 Å². The summed E-state index contributed by atoms with van der Waals surface area (Å²) in [6, 6.07) is 2.78. The van der Waals surface area contributed by atoms with Crippen LogP contribution in [0.2, 0.25) is 0 Å². The summed E-state index contributed by atoms with van der Waals surface area (Å²) in [6.07, 6.45) is -1.90. The first kappa shape index (κ1) is 16.1. The Bertz CT molecular complexity index is 742. The van der Waals surface area contributed by atoms with Crippen LogP contribution in [0.4, 0.5) is 23.8 Å². The summed E-state index contributed by atoms with van der Waals surface area (Å²) in [5.41, 5.74) is 0.339. The number of halogens is 3. The monoisotopic (exact) mass is 341 g/mol. The van der Waals surface area contributed by atoms with Crippen molar-refractivity contribution in [3.05, 3.63) is 36.0 Å². The molecule has 0 radical (unpaired) electrons. The number of aromatic nitrogens is 3. The number of hydrogen-bond donors (Lipinski definition) is 1. The summed E-state index contributed by atoms with van der Waals surface area (Å²) in [6.45, 7) is 0.229. The number of anilines is 1. The number of nitrogens with one attached hydrogen (secondary N) is 1. The maximum Gasteiger partial charge on any atom is 0.449 e. The van der Waals surface area contributed by atoms with Crippen LogP contribution in [0.3, 0.4) is 0 Å². The van der Waals surface area contributed by atoms with E-state index >= 15 is 0 Å². The molecule has 3 rings (SSSR count). The fraction of sp³-hybridized carbons (Fsp3) is 0.357. The van der Waals surface area contributed by atoms with Gasteiger partial charge in [-0.2, -0.15) is 13.2 Å². The Morgan fingerprint density at radius 2 is 2.04 bits per heavy atom. The molecule has 2 amide bonds. The van der Waals surface area contributed by atoms with Gasteiger partial charge in [0.25, 0.3) is 0 Å². The molecule has 0 bridgehead atoms. The Morgan fingerprint density at radius 1 is 1.25 bits per heavy atom. The molecule has 1 aliphatic rings. The largest absolute Gasteiger partial charge is 0.495 e. The van der Waals surface area contributed by atoms with Crippen LogP contribution in [0.5, 0.6) is 5.75 Å². The van der Waals surface area contributed by atoms with Gasteiger partial charge in [0.05, 0.1) is 31.7 Å². The standard InChI is InChI=1S/C14H14F3N5O2/c1-24-10-2-3-11(18-7-10)20-13(23)21-4-5-22-9(8-21)6-19-12(22)14(15,16)17/h2-3,6-7H,4-5,8H2,1H3,(H,18,20,23). The van der Waals surface area contributed by atoms with Gasteiger partial charge >= 0.3 is 12.2 Å². The number of ether oxygens (including phenoxy) is 1. The van der Waals surface area contributed by atoms with Gasteiger partial charge in [-0.25, -0.2) is 14.8 Å². The Morgan fingerprint density at radius 3 is 2.67 bits per heavy atom. The van der Waals surface area contributed by atoms with Gasteiger partial charge in [0.2, 0.25) is 5.82 Å². The zero-order valence-electron chi connectivity index (χ0n) is 12.7. The van der Waals surface area contributed by atoms with E-state index in [-0.39, 0.29) is 19.6 Å². The Labute approximate surface area is 135 Å². The molecular weight excluding hydrogens is 327 g/mol. The number of fused-ring (bicyclic) bond motifs is 1. The average Bonchev–Trinajstić information content (AvgIpc) is 2.98. The first-order valence-electron chi connectivity index (χ1n) is 7.06. The molecule has 10 heteroatoms. The molecule has 0 aliphatic carbocycles. The highest BCUT2D eigenvalue weighted by molar-refractivity contribution is 5.88. The molecule has 0 unspecified atom stereocenters. The predicted octanol–water partition coefficient (Wildman–Crippen LogP) is 2.35. The number of pyridine rings is 1. The van der Waals surface area contributed by atoms with Crippen molar-refractivity contribution in [2.75, 3.05) is 19.0 Å². The number of rotatable bonds is 2. The van der Waals surface area contributed by atoms with Gasteiger partial charge in [-0.05, 0) is 12.1 Å². The van der Waals surface area contributed by atoms with Gasteiger partial charge in [0.1, 0.15) is 11.6 Å². The van der Waals surface area contributed by atoms with E-state index in [4.69, 9.17) is 4.74 Å². The smallest absolute Gasteiger partial charge is 0.449 e. The molecule has 0 aromatic carbocycles.